The lowest BCUT2D eigenvalue weighted by Crippen LogP contribution is -2.18. The zero-order valence-electron chi connectivity index (χ0n) is 16.0. The highest BCUT2D eigenvalue weighted by Crippen LogP contribution is 2.39. The molecule has 5 heteroatoms. The Morgan fingerprint density at radius 3 is 1.88 bits per heavy atom. The van der Waals surface area contributed by atoms with E-state index < -0.39 is 5.24 Å². The highest BCUT2D eigenvalue weighted by molar-refractivity contribution is 6.63. The Labute approximate surface area is 155 Å². The van der Waals surface area contributed by atoms with E-state index in [0.717, 1.165) is 16.7 Å². The van der Waals surface area contributed by atoms with E-state index >= 15 is 0 Å². The van der Waals surface area contributed by atoms with Gasteiger partial charge in [-0.1, -0.05) is 53.7 Å². The number of esters is 1. The van der Waals surface area contributed by atoms with Crippen LogP contribution >= 0.6 is 11.6 Å². The molecule has 1 aromatic rings. The summed E-state index contributed by atoms with van der Waals surface area (Å²) in [6.07, 6.45) is 0.753. The van der Waals surface area contributed by atoms with Gasteiger partial charge in [0.05, 0.1) is 13.0 Å². The maximum atomic E-state index is 11.8. The lowest BCUT2D eigenvalue weighted by Gasteiger charge is -2.28. The van der Waals surface area contributed by atoms with Crippen LogP contribution in [-0.4, -0.2) is 22.9 Å². The van der Waals surface area contributed by atoms with E-state index in [9.17, 15) is 14.7 Å². The van der Waals surface area contributed by atoms with Crippen molar-refractivity contribution in [2.45, 2.75) is 71.6 Å². The number of halogens is 1. The summed E-state index contributed by atoms with van der Waals surface area (Å²) in [6.45, 7) is 12.3. The van der Waals surface area contributed by atoms with Gasteiger partial charge in [0.15, 0.2) is 0 Å². The van der Waals surface area contributed by atoms with Crippen LogP contribution in [0.2, 0.25) is 0 Å². The van der Waals surface area contributed by atoms with Crippen LogP contribution in [0.4, 0.5) is 0 Å². The molecule has 1 aromatic carbocycles. The molecule has 0 saturated heterocycles. The van der Waals surface area contributed by atoms with Crippen LogP contribution in [0, 0.1) is 0 Å². The molecule has 25 heavy (non-hydrogen) atoms. The van der Waals surface area contributed by atoms with E-state index in [1.54, 1.807) is 0 Å². The van der Waals surface area contributed by atoms with Crippen molar-refractivity contribution in [1.82, 2.24) is 0 Å². The molecular weight excluding hydrogens is 340 g/mol. The van der Waals surface area contributed by atoms with E-state index in [2.05, 4.69) is 41.5 Å². The Morgan fingerprint density at radius 2 is 1.48 bits per heavy atom. The second kappa shape index (κ2) is 8.22. The number of ether oxygens (including phenoxy) is 1. The lowest BCUT2D eigenvalue weighted by molar-refractivity contribution is -0.143. The van der Waals surface area contributed by atoms with Crippen LogP contribution < -0.4 is 0 Å². The molecule has 0 aromatic heterocycles. The highest BCUT2D eigenvalue weighted by Gasteiger charge is 2.26. The number of carbonyl (C=O) groups excluding carboxylic acids is 2. The summed E-state index contributed by atoms with van der Waals surface area (Å²) in [5, 5.41) is 10.2. The van der Waals surface area contributed by atoms with E-state index in [0.29, 0.717) is 12.2 Å². The number of rotatable bonds is 6. The molecule has 0 aliphatic heterocycles. The fourth-order valence-electron chi connectivity index (χ4n) is 2.55. The third kappa shape index (κ3) is 6.69. The van der Waals surface area contributed by atoms with Crippen LogP contribution in [0.3, 0.4) is 0 Å². The van der Waals surface area contributed by atoms with E-state index in [1.807, 2.05) is 12.1 Å². The Hall–Kier alpha value is -1.55. The van der Waals surface area contributed by atoms with Gasteiger partial charge in [-0.25, -0.2) is 0 Å². The molecule has 0 amide bonds. The smallest absolute Gasteiger partial charge is 0.306 e. The highest BCUT2D eigenvalue weighted by atomic mass is 35.5. The summed E-state index contributed by atoms with van der Waals surface area (Å²) >= 11 is 5.22. The molecule has 0 fully saturated rings. The summed E-state index contributed by atoms with van der Waals surface area (Å²) in [7, 11) is 0. The number of carbonyl (C=O) groups is 2. The Kier molecular flexibility index (Phi) is 7.07. The molecule has 1 N–H and O–H groups in total. The van der Waals surface area contributed by atoms with E-state index in [-0.39, 0.29) is 36.2 Å². The van der Waals surface area contributed by atoms with Crippen LogP contribution in [-0.2, 0) is 31.6 Å². The molecular formula is C20H29ClO4. The monoisotopic (exact) mass is 368 g/mol. The molecule has 0 aliphatic carbocycles. The SMILES string of the molecule is CC(C)(C)c1cc(CCC(=O)OCCC(=O)Cl)cc(C(C)(C)C)c1O. The van der Waals surface area contributed by atoms with Crippen molar-refractivity contribution in [1.29, 1.82) is 0 Å². The lowest BCUT2D eigenvalue weighted by atomic mass is 9.78. The first kappa shape index (κ1) is 21.5. The van der Waals surface area contributed by atoms with Crippen molar-refractivity contribution >= 4 is 22.8 Å². The van der Waals surface area contributed by atoms with Gasteiger partial charge in [0.25, 0.3) is 0 Å². The Morgan fingerprint density at radius 1 is 1.00 bits per heavy atom. The van der Waals surface area contributed by atoms with Crippen molar-refractivity contribution in [3.63, 3.8) is 0 Å². The van der Waals surface area contributed by atoms with Crippen LogP contribution in [0.5, 0.6) is 5.75 Å². The minimum Gasteiger partial charge on any atom is -0.507 e. The number of aryl methyl sites for hydroxylation is 1. The number of aromatic hydroxyl groups is 1. The average molecular weight is 369 g/mol. The standard InChI is InChI=1S/C20H29ClO4/c1-19(2,3)14-11-13(12-15(18(14)24)20(4,5)6)7-8-17(23)25-10-9-16(21)22/h11-12,24H,7-10H2,1-6H3. The number of hydrogen-bond donors (Lipinski definition) is 1. The first-order chi connectivity index (χ1) is 11.3. The number of hydrogen-bond acceptors (Lipinski definition) is 4. The van der Waals surface area contributed by atoms with Crippen molar-refractivity contribution in [3.05, 3.63) is 28.8 Å². The molecule has 1 rings (SSSR count). The predicted molar refractivity (Wildman–Crippen MR) is 100 cm³/mol. The first-order valence-electron chi connectivity index (χ1n) is 8.53. The van der Waals surface area contributed by atoms with Crippen LogP contribution in [0.25, 0.3) is 0 Å². The minimum atomic E-state index is -0.518. The summed E-state index contributed by atoms with van der Waals surface area (Å²) in [5.41, 5.74) is 2.31. The fraction of sp³-hybridized carbons (Fsp3) is 0.600. The largest absolute Gasteiger partial charge is 0.507 e. The molecule has 4 nitrogen and oxygen atoms in total. The molecule has 0 unspecified atom stereocenters. The van der Waals surface area contributed by atoms with Crippen molar-refractivity contribution < 1.29 is 19.4 Å². The number of benzene rings is 1. The van der Waals surface area contributed by atoms with Gasteiger partial charge in [-0.05, 0) is 45.5 Å². The zero-order valence-corrected chi connectivity index (χ0v) is 16.8. The second-order valence-electron chi connectivity index (χ2n) is 8.37. The van der Waals surface area contributed by atoms with Crippen molar-refractivity contribution in [2.75, 3.05) is 6.61 Å². The maximum absolute atomic E-state index is 11.8. The van der Waals surface area contributed by atoms with Gasteiger partial charge in [0.2, 0.25) is 5.24 Å². The third-order valence-electron chi connectivity index (χ3n) is 3.97. The first-order valence-corrected chi connectivity index (χ1v) is 8.91. The van der Waals surface area contributed by atoms with Gasteiger partial charge in [0.1, 0.15) is 5.75 Å². The Balaban J connectivity index is 2.96. The average Bonchev–Trinajstić information content (AvgIpc) is 2.43. The zero-order chi connectivity index (χ0) is 19.4. The van der Waals surface area contributed by atoms with Gasteiger partial charge in [-0.3, -0.25) is 9.59 Å². The van der Waals surface area contributed by atoms with Gasteiger partial charge in [-0.15, -0.1) is 0 Å². The Bertz CT molecular complexity index is 601. The van der Waals surface area contributed by atoms with Gasteiger partial charge >= 0.3 is 5.97 Å². The van der Waals surface area contributed by atoms with E-state index in [4.69, 9.17) is 16.3 Å². The quantitative estimate of drug-likeness (QED) is 0.587. The third-order valence-corrected chi connectivity index (χ3v) is 4.15. The van der Waals surface area contributed by atoms with E-state index in [1.165, 1.54) is 0 Å². The molecule has 0 bridgehead atoms. The molecule has 0 spiro atoms. The fourth-order valence-corrected chi connectivity index (χ4v) is 2.62. The predicted octanol–water partition coefficient (Wildman–Crippen LogP) is 4.62. The molecule has 0 aliphatic rings. The summed E-state index contributed by atoms with van der Waals surface area (Å²) in [6, 6.07) is 3.92. The van der Waals surface area contributed by atoms with Crippen LogP contribution in [0.15, 0.2) is 12.1 Å². The molecule has 0 saturated carbocycles. The number of phenolic OH excluding ortho intramolecular Hbond substituents is 1. The molecule has 0 radical (unpaired) electrons. The number of phenols is 1. The van der Waals surface area contributed by atoms with Crippen molar-refractivity contribution in [3.8, 4) is 5.75 Å². The maximum Gasteiger partial charge on any atom is 0.306 e. The molecule has 140 valence electrons. The summed E-state index contributed by atoms with van der Waals surface area (Å²) < 4.78 is 5.00. The van der Waals surface area contributed by atoms with Gasteiger partial charge < -0.3 is 9.84 Å². The molecule has 0 atom stereocenters. The summed E-state index contributed by atoms with van der Waals surface area (Å²) in [5.74, 6) is -0.0347. The van der Waals surface area contributed by atoms with Crippen LogP contribution in [0.1, 0.15) is 71.1 Å². The van der Waals surface area contributed by atoms with Gasteiger partial charge in [-0.2, -0.15) is 0 Å². The second-order valence-corrected chi connectivity index (χ2v) is 8.79. The minimum absolute atomic E-state index is 0.0111. The molecule has 0 heterocycles. The normalized spacial score (nSPS) is 12.1. The topological polar surface area (TPSA) is 63.6 Å². The van der Waals surface area contributed by atoms with Crippen molar-refractivity contribution in [2.24, 2.45) is 0 Å². The summed E-state index contributed by atoms with van der Waals surface area (Å²) in [4.78, 5) is 22.5. The van der Waals surface area contributed by atoms with Gasteiger partial charge in [0, 0.05) is 6.42 Å².